The standard InChI is InChI=1S/C24H27FN6O3/c1-4-34-24-22(31-5-6-33-14-15(31)2)8-17(11-27-24)21-9-20(13-26-16(21)3)29-23(32)18-7-19(10-25)30-28-12-18/h7-9,11-13,15H,4-6,10,14H2,1-3H3,(H,29,32)/t15-/m1/s1. The van der Waals surface area contributed by atoms with Crippen LogP contribution in [0.25, 0.3) is 11.1 Å². The summed E-state index contributed by atoms with van der Waals surface area (Å²) in [5, 5.41) is 10.1. The number of carbonyl (C=O) groups is 1. The lowest BCUT2D eigenvalue weighted by Crippen LogP contribution is -2.44. The molecule has 178 valence electrons. The first-order chi connectivity index (χ1) is 16.5. The molecule has 0 aromatic carbocycles. The minimum Gasteiger partial charge on any atom is -0.476 e. The van der Waals surface area contributed by atoms with E-state index in [1.54, 1.807) is 12.4 Å². The van der Waals surface area contributed by atoms with Crippen molar-refractivity contribution in [3.63, 3.8) is 0 Å². The molecule has 0 unspecified atom stereocenters. The first kappa shape index (κ1) is 23.5. The predicted octanol–water partition coefficient (Wildman–Crippen LogP) is 3.59. The van der Waals surface area contributed by atoms with E-state index in [-0.39, 0.29) is 17.3 Å². The number of carbonyl (C=O) groups excluding carboxylic acids is 1. The average Bonchev–Trinajstić information content (AvgIpc) is 2.86. The number of morpholine rings is 1. The van der Waals surface area contributed by atoms with Crippen molar-refractivity contribution in [1.29, 1.82) is 0 Å². The van der Waals surface area contributed by atoms with Gasteiger partial charge < -0.3 is 19.7 Å². The van der Waals surface area contributed by atoms with Gasteiger partial charge >= 0.3 is 0 Å². The highest BCUT2D eigenvalue weighted by Gasteiger charge is 2.24. The van der Waals surface area contributed by atoms with Crippen LogP contribution in [0.3, 0.4) is 0 Å². The quantitative estimate of drug-likeness (QED) is 0.564. The van der Waals surface area contributed by atoms with Gasteiger partial charge in [-0.2, -0.15) is 10.2 Å². The minimum absolute atomic E-state index is 0.0979. The molecule has 34 heavy (non-hydrogen) atoms. The van der Waals surface area contributed by atoms with Crippen LogP contribution in [-0.4, -0.2) is 58.5 Å². The van der Waals surface area contributed by atoms with Gasteiger partial charge in [-0.1, -0.05) is 0 Å². The molecule has 9 nitrogen and oxygen atoms in total. The van der Waals surface area contributed by atoms with Crippen molar-refractivity contribution in [3.8, 4) is 17.0 Å². The molecule has 1 atom stereocenters. The van der Waals surface area contributed by atoms with Gasteiger partial charge in [-0.25, -0.2) is 9.37 Å². The minimum atomic E-state index is -0.792. The normalized spacial score (nSPS) is 15.8. The fourth-order valence-corrected chi connectivity index (χ4v) is 3.82. The smallest absolute Gasteiger partial charge is 0.257 e. The molecule has 3 aromatic rings. The number of alkyl halides is 1. The zero-order valence-electron chi connectivity index (χ0n) is 19.4. The first-order valence-corrected chi connectivity index (χ1v) is 11.1. The Labute approximate surface area is 197 Å². The Morgan fingerprint density at radius 2 is 2.12 bits per heavy atom. The number of amides is 1. The molecule has 1 amide bonds. The molecule has 1 N–H and O–H groups in total. The van der Waals surface area contributed by atoms with Crippen LogP contribution in [0.1, 0.15) is 35.6 Å². The number of halogens is 1. The van der Waals surface area contributed by atoms with E-state index in [9.17, 15) is 9.18 Å². The maximum atomic E-state index is 12.9. The van der Waals surface area contributed by atoms with Gasteiger partial charge in [0.15, 0.2) is 0 Å². The van der Waals surface area contributed by atoms with Gasteiger partial charge in [-0.15, -0.1) is 0 Å². The summed E-state index contributed by atoms with van der Waals surface area (Å²) >= 11 is 0. The van der Waals surface area contributed by atoms with Crippen molar-refractivity contribution < 1.29 is 18.7 Å². The van der Waals surface area contributed by atoms with Crippen molar-refractivity contribution in [2.75, 3.05) is 36.6 Å². The highest BCUT2D eigenvalue weighted by atomic mass is 19.1. The lowest BCUT2D eigenvalue weighted by Gasteiger charge is -2.35. The van der Waals surface area contributed by atoms with Crippen LogP contribution in [0.2, 0.25) is 0 Å². The molecule has 0 radical (unpaired) electrons. The molecule has 1 saturated heterocycles. The van der Waals surface area contributed by atoms with Gasteiger partial charge in [0.05, 0.1) is 49.2 Å². The van der Waals surface area contributed by atoms with Crippen LogP contribution in [0.5, 0.6) is 5.88 Å². The fourth-order valence-electron chi connectivity index (χ4n) is 3.82. The third-order valence-electron chi connectivity index (χ3n) is 5.55. The molecular weight excluding hydrogens is 439 g/mol. The zero-order chi connectivity index (χ0) is 24.1. The van der Waals surface area contributed by atoms with Crippen molar-refractivity contribution in [2.24, 2.45) is 0 Å². The first-order valence-electron chi connectivity index (χ1n) is 11.1. The average molecular weight is 467 g/mol. The number of rotatable bonds is 7. The van der Waals surface area contributed by atoms with Gasteiger partial charge in [0.1, 0.15) is 12.4 Å². The molecule has 1 aliphatic heterocycles. The number of nitrogens with zero attached hydrogens (tertiary/aromatic N) is 5. The van der Waals surface area contributed by atoms with Crippen molar-refractivity contribution in [1.82, 2.24) is 20.2 Å². The summed E-state index contributed by atoms with van der Waals surface area (Å²) < 4.78 is 24.3. The molecule has 0 bridgehead atoms. The van der Waals surface area contributed by atoms with Gasteiger partial charge in [0.25, 0.3) is 5.91 Å². The number of pyridine rings is 2. The zero-order valence-corrected chi connectivity index (χ0v) is 19.4. The van der Waals surface area contributed by atoms with Gasteiger partial charge in [0.2, 0.25) is 5.88 Å². The van der Waals surface area contributed by atoms with Crippen molar-refractivity contribution in [3.05, 3.63) is 53.7 Å². The molecule has 1 aliphatic rings. The molecule has 1 fully saturated rings. The Morgan fingerprint density at radius 3 is 2.88 bits per heavy atom. The van der Waals surface area contributed by atoms with Crippen LogP contribution in [0.4, 0.5) is 15.8 Å². The molecule has 4 heterocycles. The number of aromatic nitrogens is 4. The monoisotopic (exact) mass is 466 g/mol. The predicted molar refractivity (Wildman–Crippen MR) is 126 cm³/mol. The van der Waals surface area contributed by atoms with Crippen LogP contribution in [0.15, 0.2) is 36.8 Å². The second kappa shape index (κ2) is 10.5. The van der Waals surface area contributed by atoms with Crippen LogP contribution in [0, 0.1) is 6.92 Å². The summed E-state index contributed by atoms with van der Waals surface area (Å²) in [6, 6.07) is 5.43. The molecule has 0 saturated carbocycles. The maximum absolute atomic E-state index is 12.9. The van der Waals surface area contributed by atoms with Crippen LogP contribution in [-0.2, 0) is 11.4 Å². The van der Waals surface area contributed by atoms with E-state index in [2.05, 4.69) is 37.3 Å². The molecule has 4 rings (SSSR count). The lowest BCUT2D eigenvalue weighted by molar-refractivity contribution is 0.0985. The Morgan fingerprint density at radius 1 is 1.26 bits per heavy atom. The Kier molecular flexibility index (Phi) is 7.27. The number of hydrogen-bond acceptors (Lipinski definition) is 8. The van der Waals surface area contributed by atoms with E-state index in [1.807, 2.05) is 26.0 Å². The number of anilines is 2. The summed E-state index contributed by atoms with van der Waals surface area (Å²) in [6.07, 6.45) is 4.62. The maximum Gasteiger partial charge on any atom is 0.257 e. The number of hydrogen-bond donors (Lipinski definition) is 1. The second-order valence-corrected chi connectivity index (χ2v) is 7.98. The fraction of sp³-hybridized carbons (Fsp3) is 0.375. The largest absolute Gasteiger partial charge is 0.476 e. The topological polar surface area (TPSA) is 102 Å². The van der Waals surface area contributed by atoms with Gasteiger partial charge in [-0.05, 0) is 39.0 Å². The van der Waals surface area contributed by atoms with E-state index in [0.717, 1.165) is 29.1 Å². The van der Waals surface area contributed by atoms with Crippen molar-refractivity contribution in [2.45, 2.75) is 33.5 Å². The highest BCUT2D eigenvalue weighted by molar-refractivity contribution is 6.04. The van der Waals surface area contributed by atoms with Crippen LogP contribution < -0.4 is 15.0 Å². The molecular formula is C24H27FN6O3. The van der Waals surface area contributed by atoms with E-state index < -0.39 is 12.6 Å². The highest BCUT2D eigenvalue weighted by Crippen LogP contribution is 2.35. The molecule has 10 heteroatoms. The number of ether oxygens (including phenoxy) is 2. The van der Waals surface area contributed by atoms with Gasteiger partial charge in [0, 0.05) is 35.6 Å². The summed E-state index contributed by atoms with van der Waals surface area (Å²) in [5.74, 6) is 0.151. The van der Waals surface area contributed by atoms with Gasteiger partial charge in [-0.3, -0.25) is 9.78 Å². The van der Waals surface area contributed by atoms with E-state index in [1.165, 1.54) is 12.3 Å². The number of aryl methyl sites for hydroxylation is 1. The Balaban J connectivity index is 1.65. The summed E-state index contributed by atoms with van der Waals surface area (Å²) in [4.78, 5) is 23.9. The summed E-state index contributed by atoms with van der Waals surface area (Å²) in [5.41, 5.74) is 4.17. The summed E-state index contributed by atoms with van der Waals surface area (Å²) in [7, 11) is 0. The third kappa shape index (κ3) is 5.12. The Hall–Kier alpha value is -3.66. The molecule has 0 spiro atoms. The van der Waals surface area contributed by atoms with Crippen molar-refractivity contribution >= 4 is 17.3 Å². The lowest BCUT2D eigenvalue weighted by atomic mass is 10.0. The number of nitrogens with one attached hydrogen (secondary N) is 1. The second-order valence-electron chi connectivity index (χ2n) is 7.98. The van der Waals surface area contributed by atoms with E-state index >= 15 is 0 Å². The SMILES string of the molecule is CCOc1ncc(-c2cc(NC(=O)c3cnnc(CF)c3)cnc2C)cc1N1CCOC[C@H]1C. The summed E-state index contributed by atoms with van der Waals surface area (Å²) in [6.45, 7) is 7.65. The van der Waals surface area contributed by atoms with Crippen LogP contribution >= 0.6 is 0 Å². The molecule has 3 aromatic heterocycles. The third-order valence-corrected chi connectivity index (χ3v) is 5.55. The Bertz CT molecular complexity index is 1180. The van der Waals surface area contributed by atoms with E-state index in [0.29, 0.717) is 31.4 Å². The van der Waals surface area contributed by atoms with E-state index in [4.69, 9.17) is 9.47 Å². The molecule has 0 aliphatic carbocycles.